The number of benzene rings is 1. The van der Waals surface area contributed by atoms with Crippen LogP contribution in [0.4, 0.5) is 0 Å². The van der Waals surface area contributed by atoms with Crippen molar-refractivity contribution in [1.29, 1.82) is 0 Å². The van der Waals surface area contributed by atoms with Crippen molar-refractivity contribution in [3.63, 3.8) is 0 Å². The van der Waals surface area contributed by atoms with Crippen molar-refractivity contribution in [2.24, 2.45) is 0 Å². The monoisotopic (exact) mass is 341 g/mol. The summed E-state index contributed by atoms with van der Waals surface area (Å²) in [4.78, 5) is 19.2. The lowest BCUT2D eigenvalue weighted by atomic mass is 10.1. The summed E-state index contributed by atoms with van der Waals surface area (Å²) in [5, 5.41) is 5.92. The predicted molar refractivity (Wildman–Crippen MR) is 93.6 cm³/mol. The highest BCUT2D eigenvalue weighted by Crippen LogP contribution is 2.21. The van der Waals surface area contributed by atoms with Crippen LogP contribution in [-0.4, -0.2) is 28.0 Å². The summed E-state index contributed by atoms with van der Waals surface area (Å²) in [6, 6.07) is 12.1. The van der Waals surface area contributed by atoms with Crippen molar-refractivity contribution >= 4 is 17.2 Å². The van der Waals surface area contributed by atoms with E-state index in [4.69, 9.17) is 4.52 Å². The second kappa shape index (κ2) is 7.40. The highest BCUT2D eigenvalue weighted by molar-refractivity contribution is 7.13. The molecule has 2 heterocycles. The number of rotatable bonds is 6. The third-order valence-corrected chi connectivity index (χ3v) is 4.62. The average Bonchev–Trinajstić information content (AvgIpc) is 3.25. The molecule has 0 aliphatic carbocycles. The van der Waals surface area contributed by atoms with Gasteiger partial charge in [-0.1, -0.05) is 41.1 Å². The third kappa shape index (κ3) is 4.08. The van der Waals surface area contributed by atoms with Gasteiger partial charge < -0.3 is 9.42 Å². The van der Waals surface area contributed by atoms with Crippen LogP contribution in [0.2, 0.25) is 0 Å². The number of aromatic nitrogens is 2. The molecule has 0 aliphatic heterocycles. The number of carbonyl (C=O) groups is 1. The molecule has 1 amide bonds. The van der Waals surface area contributed by atoms with Gasteiger partial charge in [0.2, 0.25) is 17.6 Å². The standard InChI is InChI=1S/C18H19N3O2S/c1-13-5-7-14(8-6-13)9-10-17(22)21(2)12-16-19-18(20-23-16)15-4-3-11-24-15/h3-8,11H,9-10,12H2,1-2H3. The van der Waals surface area contributed by atoms with E-state index in [1.165, 1.54) is 11.1 Å². The Hall–Kier alpha value is -2.47. The lowest BCUT2D eigenvalue weighted by Crippen LogP contribution is -2.26. The summed E-state index contributed by atoms with van der Waals surface area (Å²) < 4.78 is 5.24. The van der Waals surface area contributed by atoms with E-state index in [-0.39, 0.29) is 5.91 Å². The van der Waals surface area contributed by atoms with Crippen molar-refractivity contribution in [2.45, 2.75) is 26.3 Å². The van der Waals surface area contributed by atoms with Crippen LogP contribution >= 0.6 is 11.3 Å². The summed E-state index contributed by atoms with van der Waals surface area (Å²) in [5.41, 5.74) is 2.39. The molecule has 0 unspecified atom stereocenters. The number of aryl methyl sites for hydroxylation is 2. The molecule has 124 valence electrons. The summed E-state index contributed by atoms with van der Waals surface area (Å²) in [6.45, 7) is 2.38. The van der Waals surface area contributed by atoms with Gasteiger partial charge in [0, 0.05) is 13.5 Å². The van der Waals surface area contributed by atoms with Gasteiger partial charge in [0.1, 0.15) is 0 Å². The van der Waals surface area contributed by atoms with E-state index in [0.29, 0.717) is 24.7 Å². The van der Waals surface area contributed by atoms with E-state index in [1.54, 1.807) is 23.3 Å². The first-order chi connectivity index (χ1) is 11.6. The van der Waals surface area contributed by atoms with Crippen molar-refractivity contribution in [1.82, 2.24) is 15.0 Å². The van der Waals surface area contributed by atoms with Gasteiger partial charge in [-0.25, -0.2) is 0 Å². The Bertz CT molecular complexity index is 794. The molecule has 0 bridgehead atoms. The topological polar surface area (TPSA) is 59.2 Å². The number of hydrogen-bond acceptors (Lipinski definition) is 5. The molecule has 3 aromatic rings. The normalized spacial score (nSPS) is 10.8. The van der Waals surface area contributed by atoms with Crippen molar-refractivity contribution < 1.29 is 9.32 Å². The molecule has 0 aliphatic rings. The second-order valence-electron chi connectivity index (χ2n) is 5.72. The van der Waals surface area contributed by atoms with Gasteiger partial charge in [0.25, 0.3) is 0 Å². The summed E-state index contributed by atoms with van der Waals surface area (Å²) in [6.07, 6.45) is 1.19. The van der Waals surface area contributed by atoms with Crippen LogP contribution in [0, 0.1) is 6.92 Å². The smallest absolute Gasteiger partial charge is 0.246 e. The fraction of sp³-hybridized carbons (Fsp3) is 0.278. The molecule has 3 rings (SSSR count). The summed E-state index contributed by atoms with van der Waals surface area (Å²) in [5.74, 6) is 1.08. The van der Waals surface area contributed by atoms with Gasteiger partial charge in [-0.3, -0.25) is 4.79 Å². The van der Waals surface area contributed by atoms with Crippen LogP contribution in [0.1, 0.15) is 23.4 Å². The maximum atomic E-state index is 12.3. The molecule has 0 N–H and O–H groups in total. The van der Waals surface area contributed by atoms with Crippen molar-refractivity contribution in [2.75, 3.05) is 7.05 Å². The predicted octanol–water partition coefficient (Wildman–Crippen LogP) is 3.70. The highest BCUT2D eigenvalue weighted by Gasteiger charge is 2.15. The van der Waals surface area contributed by atoms with E-state index in [0.717, 1.165) is 11.3 Å². The lowest BCUT2D eigenvalue weighted by Gasteiger charge is -2.14. The first-order valence-electron chi connectivity index (χ1n) is 7.78. The molecule has 2 aromatic heterocycles. The van der Waals surface area contributed by atoms with Gasteiger partial charge in [-0.2, -0.15) is 4.98 Å². The summed E-state index contributed by atoms with van der Waals surface area (Å²) >= 11 is 1.56. The van der Waals surface area contributed by atoms with Crippen LogP contribution in [0.3, 0.4) is 0 Å². The molecule has 0 fully saturated rings. The Kier molecular flexibility index (Phi) is 5.05. The average molecular weight is 341 g/mol. The minimum absolute atomic E-state index is 0.0615. The fourth-order valence-electron chi connectivity index (χ4n) is 2.31. The molecule has 0 spiro atoms. The third-order valence-electron chi connectivity index (χ3n) is 3.76. The van der Waals surface area contributed by atoms with Crippen LogP contribution < -0.4 is 0 Å². The maximum Gasteiger partial charge on any atom is 0.246 e. The first-order valence-corrected chi connectivity index (χ1v) is 8.66. The molecule has 1 aromatic carbocycles. The summed E-state index contributed by atoms with van der Waals surface area (Å²) in [7, 11) is 1.76. The van der Waals surface area contributed by atoms with Crippen molar-refractivity contribution in [3.8, 4) is 10.7 Å². The molecule has 0 saturated heterocycles. The van der Waals surface area contributed by atoms with E-state index in [2.05, 4.69) is 41.3 Å². The van der Waals surface area contributed by atoms with Gasteiger partial charge in [-0.05, 0) is 30.4 Å². The molecule has 24 heavy (non-hydrogen) atoms. The molecule has 0 saturated carbocycles. The molecular formula is C18H19N3O2S. The van der Waals surface area contributed by atoms with E-state index >= 15 is 0 Å². The van der Waals surface area contributed by atoms with Crippen LogP contribution in [0.15, 0.2) is 46.3 Å². The zero-order valence-corrected chi connectivity index (χ0v) is 14.5. The largest absolute Gasteiger partial charge is 0.337 e. The number of hydrogen-bond donors (Lipinski definition) is 0. The number of amides is 1. The molecule has 5 nitrogen and oxygen atoms in total. The maximum absolute atomic E-state index is 12.3. The van der Waals surface area contributed by atoms with Crippen molar-refractivity contribution in [3.05, 3.63) is 58.8 Å². The Balaban J connectivity index is 1.53. The lowest BCUT2D eigenvalue weighted by molar-refractivity contribution is -0.130. The van der Waals surface area contributed by atoms with Gasteiger partial charge in [0.15, 0.2) is 0 Å². The SMILES string of the molecule is Cc1ccc(CCC(=O)N(C)Cc2nc(-c3cccs3)no2)cc1. The minimum Gasteiger partial charge on any atom is -0.337 e. The Morgan fingerprint density at radius 2 is 2.04 bits per heavy atom. The zero-order chi connectivity index (χ0) is 16.9. The van der Waals surface area contributed by atoms with Crippen LogP contribution in [0.25, 0.3) is 10.7 Å². The fourth-order valence-corrected chi connectivity index (χ4v) is 2.96. The van der Waals surface area contributed by atoms with E-state index < -0.39 is 0 Å². The molecule has 6 heteroatoms. The number of carbonyl (C=O) groups excluding carboxylic acids is 1. The number of thiophene rings is 1. The quantitative estimate of drug-likeness (QED) is 0.686. The highest BCUT2D eigenvalue weighted by atomic mass is 32.1. The zero-order valence-electron chi connectivity index (χ0n) is 13.7. The van der Waals surface area contributed by atoms with E-state index in [1.807, 2.05) is 17.5 Å². The Labute approximate surface area is 144 Å². The molecule has 0 radical (unpaired) electrons. The Morgan fingerprint density at radius 3 is 2.75 bits per heavy atom. The number of nitrogens with zero attached hydrogens (tertiary/aromatic N) is 3. The van der Waals surface area contributed by atoms with Gasteiger partial charge in [0.05, 0.1) is 11.4 Å². The van der Waals surface area contributed by atoms with Gasteiger partial charge in [-0.15, -0.1) is 11.3 Å². The minimum atomic E-state index is 0.0615. The molecular weight excluding hydrogens is 322 g/mol. The molecule has 0 atom stereocenters. The second-order valence-corrected chi connectivity index (χ2v) is 6.67. The van der Waals surface area contributed by atoms with Gasteiger partial charge >= 0.3 is 0 Å². The van der Waals surface area contributed by atoms with E-state index in [9.17, 15) is 4.79 Å². The van der Waals surface area contributed by atoms with Crippen LogP contribution in [0.5, 0.6) is 0 Å². The first kappa shape index (κ1) is 16.4. The van der Waals surface area contributed by atoms with Crippen LogP contribution in [-0.2, 0) is 17.8 Å². The Morgan fingerprint density at radius 1 is 1.25 bits per heavy atom.